The van der Waals surface area contributed by atoms with Gasteiger partial charge in [-0.15, -0.1) is 0 Å². The molecule has 2 fully saturated rings. The van der Waals surface area contributed by atoms with E-state index in [0.717, 1.165) is 18.4 Å². The van der Waals surface area contributed by atoms with Gasteiger partial charge in [0.15, 0.2) is 6.23 Å². The zero-order chi connectivity index (χ0) is 28.1. The Kier molecular flexibility index (Phi) is 7.03. The number of carbonyl (C=O) groups is 1. The number of halogens is 1. The number of carboxylic acids is 1. The Morgan fingerprint density at radius 1 is 1.25 bits per heavy atom. The van der Waals surface area contributed by atoms with Gasteiger partial charge in [-0.1, -0.05) is 19.1 Å². The molecular weight excluding hydrogens is 518 g/mol. The Hall–Kier alpha value is -3.45. The van der Waals surface area contributed by atoms with Crippen LogP contribution in [0.5, 0.6) is 5.75 Å². The van der Waals surface area contributed by atoms with E-state index in [2.05, 4.69) is 4.90 Å². The number of aromatic carboxylic acids is 1. The van der Waals surface area contributed by atoms with Gasteiger partial charge in [-0.05, 0) is 43.0 Å². The van der Waals surface area contributed by atoms with Crippen molar-refractivity contribution < 1.29 is 28.7 Å². The van der Waals surface area contributed by atoms with E-state index in [1.165, 1.54) is 12.3 Å². The zero-order valence-electron chi connectivity index (χ0n) is 22.3. The highest BCUT2D eigenvalue weighted by Crippen LogP contribution is 2.38. The van der Waals surface area contributed by atoms with Crippen LogP contribution in [0.3, 0.4) is 0 Å². The lowest BCUT2D eigenvalue weighted by molar-refractivity contribution is 0.0191. The lowest BCUT2D eigenvalue weighted by Crippen LogP contribution is -2.52. The fourth-order valence-electron chi connectivity index (χ4n) is 5.91. The number of hydrogen-bond acceptors (Lipinski definition) is 8. The van der Waals surface area contributed by atoms with Crippen LogP contribution in [0.2, 0.25) is 0 Å². The molecule has 0 radical (unpaired) electrons. The first-order valence-corrected chi connectivity index (χ1v) is 13.7. The number of aromatic nitrogens is 1. The Labute approximate surface area is 230 Å². The van der Waals surface area contributed by atoms with Crippen LogP contribution in [-0.2, 0) is 4.65 Å². The second kappa shape index (κ2) is 10.5. The summed E-state index contributed by atoms with van der Waals surface area (Å²) in [5.41, 5.74) is 7.19. The first-order valence-electron chi connectivity index (χ1n) is 13.7. The number of benzene rings is 2. The second-order valence-electron chi connectivity index (χ2n) is 10.6. The number of fused-ring (bicyclic) bond motifs is 2. The van der Waals surface area contributed by atoms with Crippen molar-refractivity contribution in [2.45, 2.75) is 44.6 Å². The van der Waals surface area contributed by atoms with Crippen molar-refractivity contribution in [1.29, 1.82) is 0 Å². The van der Waals surface area contributed by atoms with Crippen LogP contribution in [0.1, 0.15) is 54.3 Å². The summed E-state index contributed by atoms with van der Waals surface area (Å²) in [5.74, 6) is -1.29. The number of rotatable bonds is 8. The predicted molar refractivity (Wildman–Crippen MR) is 149 cm³/mol. The third kappa shape index (κ3) is 4.64. The van der Waals surface area contributed by atoms with Crippen molar-refractivity contribution >= 4 is 35.1 Å². The van der Waals surface area contributed by atoms with E-state index in [4.69, 9.17) is 15.1 Å². The molecule has 40 heavy (non-hydrogen) atoms. The van der Waals surface area contributed by atoms with E-state index in [9.17, 15) is 19.7 Å². The maximum Gasteiger partial charge on any atom is 0.495 e. The van der Waals surface area contributed by atoms with Gasteiger partial charge < -0.3 is 34.7 Å². The Balaban J connectivity index is 1.22. The molecule has 1 saturated heterocycles. The molecule has 2 aromatic carbocycles. The summed E-state index contributed by atoms with van der Waals surface area (Å²) in [4.78, 5) is 28.6. The SMILES string of the molecule is CCC(Oc1cccc2c1B(O)OC2CN)N1CCN(c2cc3c(cc2F)c(=O)c(C(=O)O)cn3C2CC2)CC1. The van der Waals surface area contributed by atoms with Crippen LogP contribution in [0, 0.1) is 5.82 Å². The molecular formula is C28H32BFN4O6. The average Bonchev–Trinajstić information content (AvgIpc) is 3.74. The third-order valence-electron chi connectivity index (χ3n) is 8.15. The number of carboxylic acid groups (broad SMARTS) is 1. The smallest absolute Gasteiger partial charge is 0.477 e. The molecule has 3 aliphatic rings. The summed E-state index contributed by atoms with van der Waals surface area (Å²) in [6.45, 7) is 4.59. The molecule has 0 amide bonds. The molecule has 12 heteroatoms. The van der Waals surface area contributed by atoms with Crippen molar-refractivity contribution in [2.75, 3.05) is 37.6 Å². The fourth-order valence-corrected chi connectivity index (χ4v) is 5.91. The molecule has 1 saturated carbocycles. The number of nitrogens with zero attached hydrogens (tertiary/aromatic N) is 3. The zero-order valence-corrected chi connectivity index (χ0v) is 22.3. The maximum absolute atomic E-state index is 15.4. The number of ether oxygens (including phenoxy) is 1. The molecule has 2 aliphatic heterocycles. The number of hydrogen-bond donors (Lipinski definition) is 3. The minimum Gasteiger partial charge on any atom is -0.477 e. The van der Waals surface area contributed by atoms with E-state index in [1.807, 2.05) is 34.6 Å². The predicted octanol–water partition coefficient (Wildman–Crippen LogP) is 1.83. The van der Waals surface area contributed by atoms with E-state index < -0.39 is 24.3 Å². The van der Waals surface area contributed by atoms with Gasteiger partial charge in [0.25, 0.3) is 0 Å². The van der Waals surface area contributed by atoms with E-state index in [1.54, 1.807) is 6.07 Å². The lowest BCUT2D eigenvalue weighted by Gasteiger charge is -2.40. The van der Waals surface area contributed by atoms with Crippen molar-refractivity contribution in [1.82, 2.24) is 9.47 Å². The topological polar surface area (TPSA) is 130 Å². The number of anilines is 1. The minimum absolute atomic E-state index is 0.0876. The highest BCUT2D eigenvalue weighted by Gasteiger charge is 2.38. The molecule has 4 N–H and O–H groups in total. The van der Waals surface area contributed by atoms with Gasteiger partial charge >= 0.3 is 13.1 Å². The molecule has 3 heterocycles. The standard InChI is InChI=1S/C28H32BFN4O6/c1-2-25(39-23-5-3-4-17-24(14-31)40-29(38)26(17)23)33-10-8-32(9-11-33)22-13-21-18(12-20(22)30)27(35)19(28(36)37)15-34(21)16-6-7-16/h3-5,12-13,15-16,24-25,38H,2,6-11,14,31H2,1H3,(H,36,37). The summed E-state index contributed by atoms with van der Waals surface area (Å²) in [5, 5.41) is 20.1. The Morgan fingerprint density at radius 2 is 2.00 bits per heavy atom. The van der Waals surface area contributed by atoms with Crippen molar-refractivity contribution in [2.24, 2.45) is 5.73 Å². The van der Waals surface area contributed by atoms with Crippen LogP contribution < -0.4 is 26.3 Å². The summed E-state index contributed by atoms with van der Waals surface area (Å²) in [7, 11) is -1.09. The third-order valence-corrected chi connectivity index (χ3v) is 8.15. The number of piperazine rings is 1. The molecule has 2 atom stereocenters. The van der Waals surface area contributed by atoms with Gasteiger partial charge in [-0.2, -0.15) is 0 Å². The molecule has 6 rings (SSSR count). The van der Waals surface area contributed by atoms with Crippen molar-refractivity contribution in [3.63, 3.8) is 0 Å². The van der Waals surface area contributed by atoms with Crippen LogP contribution in [0.25, 0.3) is 10.9 Å². The normalized spacial score (nSPS) is 20.1. The molecule has 0 spiro atoms. The summed E-state index contributed by atoms with van der Waals surface area (Å²) in [6, 6.07) is 8.55. The Morgan fingerprint density at radius 3 is 2.65 bits per heavy atom. The maximum atomic E-state index is 15.4. The average molecular weight is 550 g/mol. The lowest BCUT2D eigenvalue weighted by atomic mass is 9.78. The summed E-state index contributed by atoms with van der Waals surface area (Å²) in [6.07, 6.45) is 3.24. The van der Waals surface area contributed by atoms with Gasteiger partial charge in [-0.25, -0.2) is 9.18 Å². The quantitative estimate of drug-likeness (QED) is 0.360. The summed E-state index contributed by atoms with van der Waals surface area (Å²) < 4.78 is 29.2. The van der Waals surface area contributed by atoms with Crippen LogP contribution in [-0.4, -0.2) is 71.6 Å². The summed E-state index contributed by atoms with van der Waals surface area (Å²) >= 11 is 0. The van der Waals surface area contributed by atoms with Gasteiger partial charge in [0.05, 0.1) is 17.3 Å². The van der Waals surface area contributed by atoms with Crippen LogP contribution >= 0.6 is 0 Å². The van der Waals surface area contributed by atoms with Crippen molar-refractivity contribution in [3.8, 4) is 5.75 Å². The molecule has 2 unspecified atom stereocenters. The highest BCUT2D eigenvalue weighted by molar-refractivity contribution is 6.62. The molecule has 1 aromatic heterocycles. The highest BCUT2D eigenvalue weighted by atomic mass is 19.1. The van der Waals surface area contributed by atoms with Gasteiger partial charge in [0.1, 0.15) is 17.1 Å². The number of nitrogens with two attached hydrogens (primary N) is 1. The van der Waals surface area contributed by atoms with E-state index in [-0.39, 0.29) is 35.9 Å². The van der Waals surface area contributed by atoms with E-state index in [0.29, 0.717) is 55.0 Å². The molecule has 3 aromatic rings. The molecule has 0 bridgehead atoms. The molecule has 1 aliphatic carbocycles. The van der Waals surface area contributed by atoms with Gasteiger partial charge in [0, 0.05) is 55.8 Å². The largest absolute Gasteiger partial charge is 0.495 e. The monoisotopic (exact) mass is 550 g/mol. The fraction of sp³-hybridized carbons (Fsp3) is 0.429. The van der Waals surface area contributed by atoms with E-state index >= 15 is 4.39 Å². The van der Waals surface area contributed by atoms with Crippen LogP contribution in [0.15, 0.2) is 41.3 Å². The first kappa shape index (κ1) is 26.8. The Bertz CT molecular complexity index is 1520. The van der Waals surface area contributed by atoms with Gasteiger partial charge in [0.2, 0.25) is 5.43 Å². The van der Waals surface area contributed by atoms with Crippen LogP contribution in [0.4, 0.5) is 10.1 Å². The van der Waals surface area contributed by atoms with Gasteiger partial charge in [-0.3, -0.25) is 9.69 Å². The first-order chi connectivity index (χ1) is 19.3. The molecule has 10 nitrogen and oxygen atoms in total. The van der Waals surface area contributed by atoms with Crippen molar-refractivity contribution in [3.05, 3.63) is 63.7 Å². The minimum atomic E-state index is -1.31. The second-order valence-corrected chi connectivity index (χ2v) is 10.6. The molecule has 210 valence electrons. The number of pyridine rings is 1.